The number of halogens is 4. The zero-order valence-corrected chi connectivity index (χ0v) is 11.7. The monoisotopic (exact) mass is 333 g/mol. The molecule has 0 aromatic heterocycles. The summed E-state index contributed by atoms with van der Waals surface area (Å²) in [6.07, 6.45) is -5.24. The Morgan fingerprint density at radius 1 is 1.35 bits per heavy atom. The predicted molar refractivity (Wildman–Crippen MR) is 71.1 cm³/mol. The second-order valence-electron chi connectivity index (χ2n) is 4.97. The van der Waals surface area contributed by atoms with Gasteiger partial charge in [0.15, 0.2) is 5.71 Å². The van der Waals surface area contributed by atoms with Gasteiger partial charge in [-0.05, 0) is 5.56 Å². The fraction of sp³-hybridized carbons (Fsp3) is 0.385. The van der Waals surface area contributed by atoms with Crippen molar-refractivity contribution in [3.63, 3.8) is 0 Å². The van der Waals surface area contributed by atoms with E-state index in [9.17, 15) is 28.1 Å². The summed E-state index contributed by atoms with van der Waals surface area (Å²) in [5.74, 6) is -3.53. The third kappa shape index (κ3) is 2.88. The van der Waals surface area contributed by atoms with E-state index in [1.165, 1.54) is 30.3 Å². The standard InChI is InChI=1S/C13H11F4N3O3/c1-19-11(21)12(14,10(18-19)13(15,16)17)9(7-20(22)23)8-5-3-2-4-6-8/h2-6,9H,7H2,1H3/t9-,12+/m1/s1. The Morgan fingerprint density at radius 3 is 2.39 bits per heavy atom. The van der Waals surface area contributed by atoms with E-state index >= 15 is 4.39 Å². The zero-order chi connectivity index (χ0) is 17.4. The lowest BCUT2D eigenvalue weighted by atomic mass is 9.79. The van der Waals surface area contributed by atoms with E-state index in [1.54, 1.807) is 0 Å². The van der Waals surface area contributed by atoms with Gasteiger partial charge in [0, 0.05) is 12.0 Å². The van der Waals surface area contributed by atoms with Crippen LogP contribution in [0, 0.1) is 10.1 Å². The summed E-state index contributed by atoms with van der Waals surface area (Å²) < 4.78 is 54.6. The minimum Gasteiger partial charge on any atom is -0.269 e. The van der Waals surface area contributed by atoms with Gasteiger partial charge in [0.05, 0.1) is 5.92 Å². The third-order valence-electron chi connectivity index (χ3n) is 3.48. The molecule has 1 aromatic rings. The number of benzene rings is 1. The first-order valence-electron chi connectivity index (χ1n) is 6.38. The van der Waals surface area contributed by atoms with Crippen molar-refractivity contribution in [1.82, 2.24) is 5.01 Å². The van der Waals surface area contributed by atoms with Crippen molar-refractivity contribution in [1.29, 1.82) is 0 Å². The second kappa shape index (κ2) is 5.60. The Bertz CT molecular complexity index is 662. The highest BCUT2D eigenvalue weighted by molar-refractivity contribution is 6.18. The number of carbonyl (C=O) groups excluding carboxylic acids is 1. The van der Waals surface area contributed by atoms with Crippen LogP contribution in [0.1, 0.15) is 11.5 Å². The molecule has 1 aromatic carbocycles. The maximum Gasteiger partial charge on any atom is 0.434 e. The summed E-state index contributed by atoms with van der Waals surface area (Å²) in [5, 5.41) is 14.0. The topological polar surface area (TPSA) is 75.8 Å². The van der Waals surface area contributed by atoms with Crippen molar-refractivity contribution in [3.05, 3.63) is 46.0 Å². The number of carbonyl (C=O) groups is 1. The van der Waals surface area contributed by atoms with Crippen LogP contribution in [-0.4, -0.2) is 47.0 Å². The molecule has 1 heterocycles. The first kappa shape index (κ1) is 16.8. The molecule has 6 nitrogen and oxygen atoms in total. The van der Waals surface area contributed by atoms with Crippen molar-refractivity contribution in [2.24, 2.45) is 5.10 Å². The number of alkyl halides is 4. The highest BCUT2D eigenvalue weighted by atomic mass is 19.4. The van der Waals surface area contributed by atoms with E-state index in [0.717, 1.165) is 7.05 Å². The molecule has 23 heavy (non-hydrogen) atoms. The summed E-state index contributed by atoms with van der Waals surface area (Å²) in [5.41, 5.74) is -5.72. The van der Waals surface area contributed by atoms with Crippen LogP contribution in [0.4, 0.5) is 17.6 Å². The molecule has 0 saturated heterocycles. The Balaban J connectivity index is 2.61. The van der Waals surface area contributed by atoms with Crippen LogP contribution in [0.15, 0.2) is 35.4 Å². The number of rotatable bonds is 4. The molecule has 0 N–H and O–H groups in total. The SMILES string of the molecule is CN1N=C(C(F)(F)F)[C@@](F)([C@H](C[N+](=O)[O-])c2ccccc2)C1=O. The van der Waals surface area contributed by atoms with Gasteiger partial charge in [0.1, 0.15) is 0 Å². The molecule has 2 atom stereocenters. The van der Waals surface area contributed by atoms with E-state index in [0.29, 0.717) is 0 Å². The molecule has 1 amide bonds. The highest BCUT2D eigenvalue weighted by Crippen LogP contribution is 2.43. The van der Waals surface area contributed by atoms with Crippen LogP contribution in [0.2, 0.25) is 0 Å². The van der Waals surface area contributed by atoms with Crippen molar-refractivity contribution in [3.8, 4) is 0 Å². The Morgan fingerprint density at radius 2 is 1.91 bits per heavy atom. The summed E-state index contributed by atoms with van der Waals surface area (Å²) in [6.45, 7) is -1.19. The fourth-order valence-corrected chi connectivity index (χ4v) is 2.48. The average Bonchev–Trinajstić information content (AvgIpc) is 2.70. The molecule has 0 bridgehead atoms. The van der Waals surface area contributed by atoms with E-state index in [2.05, 4.69) is 5.10 Å². The van der Waals surface area contributed by atoms with Crippen molar-refractivity contribution >= 4 is 11.6 Å². The molecule has 10 heteroatoms. The van der Waals surface area contributed by atoms with Crippen LogP contribution in [0.25, 0.3) is 0 Å². The zero-order valence-electron chi connectivity index (χ0n) is 11.7. The first-order valence-corrected chi connectivity index (χ1v) is 6.38. The summed E-state index contributed by atoms with van der Waals surface area (Å²) >= 11 is 0. The smallest absolute Gasteiger partial charge is 0.269 e. The Labute approximate surface area is 127 Å². The maximum atomic E-state index is 15.3. The Hall–Kier alpha value is -2.52. The lowest BCUT2D eigenvalue weighted by Crippen LogP contribution is -2.53. The minimum absolute atomic E-state index is 0.0905. The molecule has 1 aliphatic rings. The van der Waals surface area contributed by atoms with Gasteiger partial charge in [0.2, 0.25) is 6.54 Å². The van der Waals surface area contributed by atoms with Crippen LogP contribution < -0.4 is 0 Å². The molecule has 0 radical (unpaired) electrons. The van der Waals surface area contributed by atoms with Crippen molar-refractivity contribution in [2.45, 2.75) is 17.8 Å². The molecule has 124 valence electrons. The number of nitrogens with zero attached hydrogens (tertiary/aromatic N) is 3. The lowest BCUT2D eigenvalue weighted by Gasteiger charge is -2.28. The molecule has 0 spiro atoms. The van der Waals surface area contributed by atoms with E-state index < -0.39 is 40.8 Å². The van der Waals surface area contributed by atoms with E-state index in [4.69, 9.17) is 0 Å². The third-order valence-corrected chi connectivity index (χ3v) is 3.48. The van der Waals surface area contributed by atoms with Crippen LogP contribution in [0.5, 0.6) is 0 Å². The van der Waals surface area contributed by atoms with Gasteiger partial charge in [-0.3, -0.25) is 14.9 Å². The number of hydrogen-bond acceptors (Lipinski definition) is 4. The first-order chi connectivity index (χ1) is 10.6. The number of hydrazone groups is 1. The van der Waals surface area contributed by atoms with Crippen molar-refractivity contribution < 1.29 is 27.3 Å². The van der Waals surface area contributed by atoms with Crippen LogP contribution >= 0.6 is 0 Å². The molecule has 2 rings (SSSR count). The number of nitro groups is 1. The molecular weight excluding hydrogens is 322 g/mol. The normalized spacial score (nSPS) is 22.9. The van der Waals surface area contributed by atoms with Gasteiger partial charge in [-0.15, -0.1) is 0 Å². The summed E-state index contributed by atoms with van der Waals surface area (Å²) in [6, 6.07) is 6.75. The van der Waals surface area contributed by atoms with Gasteiger partial charge in [-0.25, -0.2) is 9.40 Å². The number of amides is 1. The molecule has 0 saturated carbocycles. The molecule has 0 aliphatic carbocycles. The van der Waals surface area contributed by atoms with Crippen LogP contribution in [0.3, 0.4) is 0 Å². The largest absolute Gasteiger partial charge is 0.434 e. The summed E-state index contributed by atoms with van der Waals surface area (Å²) in [7, 11) is 0.865. The van der Waals surface area contributed by atoms with Gasteiger partial charge >= 0.3 is 6.18 Å². The Kier molecular flexibility index (Phi) is 4.10. The average molecular weight is 333 g/mol. The molecular formula is C13H11F4N3O3. The highest BCUT2D eigenvalue weighted by Gasteiger charge is 2.66. The molecule has 0 unspecified atom stereocenters. The van der Waals surface area contributed by atoms with Gasteiger partial charge in [0.25, 0.3) is 11.6 Å². The fourth-order valence-electron chi connectivity index (χ4n) is 2.48. The lowest BCUT2D eigenvalue weighted by molar-refractivity contribution is -0.485. The number of hydrogen-bond donors (Lipinski definition) is 0. The van der Waals surface area contributed by atoms with Crippen molar-refractivity contribution in [2.75, 3.05) is 13.6 Å². The van der Waals surface area contributed by atoms with Crippen LogP contribution in [-0.2, 0) is 4.79 Å². The van der Waals surface area contributed by atoms with Gasteiger partial charge in [-0.1, -0.05) is 30.3 Å². The predicted octanol–water partition coefficient (Wildman–Crippen LogP) is 2.15. The quantitative estimate of drug-likeness (QED) is 0.481. The molecule has 0 fully saturated rings. The second-order valence-corrected chi connectivity index (χ2v) is 4.97. The van der Waals surface area contributed by atoms with E-state index in [-0.39, 0.29) is 10.6 Å². The summed E-state index contributed by atoms with van der Waals surface area (Å²) in [4.78, 5) is 21.9. The minimum atomic E-state index is -5.24. The van der Waals surface area contributed by atoms with Gasteiger partial charge < -0.3 is 0 Å². The van der Waals surface area contributed by atoms with E-state index in [1.807, 2.05) is 0 Å². The molecule has 1 aliphatic heterocycles. The van der Waals surface area contributed by atoms with Gasteiger partial charge in [-0.2, -0.15) is 18.3 Å². The maximum absolute atomic E-state index is 15.3.